The van der Waals surface area contributed by atoms with E-state index in [4.69, 9.17) is 4.74 Å². The Balaban J connectivity index is 1.92. The fourth-order valence-corrected chi connectivity index (χ4v) is 3.07. The van der Waals surface area contributed by atoms with E-state index in [1.807, 2.05) is 6.92 Å². The van der Waals surface area contributed by atoms with Gasteiger partial charge in [-0.1, -0.05) is 19.8 Å². The van der Waals surface area contributed by atoms with Crippen molar-refractivity contribution in [3.8, 4) is 5.75 Å². The molecular formula is C18H23N3O7. The Morgan fingerprint density at radius 3 is 2.61 bits per heavy atom. The van der Waals surface area contributed by atoms with Gasteiger partial charge in [-0.25, -0.2) is 9.59 Å². The fraction of sp³-hybridized carbons (Fsp3) is 0.500. The first-order valence-corrected chi connectivity index (χ1v) is 8.91. The van der Waals surface area contributed by atoms with Gasteiger partial charge in [0.1, 0.15) is 0 Å². The van der Waals surface area contributed by atoms with Crippen LogP contribution in [0.1, 0.15) is 43.0 Å². The number of nitro groups is 1. The molecule has 0 aromatic heterocycles. The van der Waals surface area contributed by atoms with Crippen LogP contribution < -0.4 is 15.4 Å². The van der Waals surface area contributed by atoms with Crippen LogP contribution in [-0.2, 0) is 9.53 Å². The molecule has 0 heterocycles. The number of benzene rings is 1. The van der Waals surface area contributed by atoms with Crippen LogP contribution in [-0.4, -0.2) is 42.6 Å². The van der Waals surface area contributed by atoms with Gasteiger partial charge in [-0.3, -0.25) is 20.2 Å². The van der Waals surface area contributed by atoms with E-state index in [1.165, 1.54) is 12.1 Å². The smallest absolute Gasteiger partial charge is 0.338 e. The SMILES string of the molecule is COC(=O)c1ccc(OCC(=O)NC(=O)N[C@@H]2CCCC[C@@H]2C)c([N+](=O)[O-])c1. The lowest BCUT2D eigenvalue weighted by Gasteiger charge is -2.29. The van der Waals surface area contributed by atoms with Crippen molar-refractivity contribution in [2.24, 2.45) is 5.92 Å². The van der Waals surface area contributed by atoms with Gasteiger partial charge in [0.05, 0.1) is 17.6 Å². The van der Waals surface area contributed by atoms with Crippen LogP contribution in [0.5, 0.6) is 5.75 Å². The van der Waals surface area contributed by atoms with Crippen LogP contribution >= 0.6 is 0 Å². The fourth-order valence-electron chi connectivity index (χ4n) is 3.07. The van der Waals surface area contributed by atoms with Crippen molar-refractivity contribution in [1.82, 2.24) is 10.6 Å². The molecule has 2 rings (SSSR count). The van der Waals surface area contributed by atoms with Crippen molar-refractivity contribution in [3.63, 3.8) is 0 Å². The molecule has 2 atom stereocenters. The van der Waals surface area contributed by atoms with Crippen molar-refractivity contribution in [2.45, 2.75) is 38.6 Å². The number of nitro benzene ring substituents is 1. The number of nitrogens with zero attached hydrogens (tertiary/aromatic N) is 1. The Bertz CT molecular complexity index is 766. The Morgan fingerprint density at radius 1 is 1.25 bits per heavy atom. The summed E-state index contributed by atoms with van der Waals surface area (Å²) in [5.74, 6) is -1.34. The van der Waals surface area contributed by atoms with Gasteiger partial charge in [-0.2, -0.15) is 0 Å². The van der Waals surface area contributed by atoms with E-state index in [9.17, 15) is 24.5 Å². The van der Waals surface area contributed by atoms with Crippen molar-refractivity contribution in [1.29, 1.82) is 0 Å². The Labute approximate surface area is 161 Å². The number of nitrogens with one attached hydrogen (secondary N) is 2. The molecule has 28 heavy (non-hydrogen) atoms. The number of methoxy groups -OCH3 is 1. The lowest BCUT2D eigenvalue weighted by atomic mass is 9.86. The first-order valence-electron chi connectivity index (χ1n) is 8.91. The molecule has 1 aliphatic rings. The number of hydrogen-bond donors (Lipinski definition) is 2. The summed E-state index contributed by atoms with van der Waals surface area (Å²) in [6, 6.07) is 2.86. The Hall–Kier alpha value is -3.17. The third kappa shape index (κ3) is 5.66. The molecule has 1 aliphatic carbocycles. The molecule has 0 unspecified atom stereocenters. The summed E-state index contributed by atoms with van der Waals surface area (Å²) in [6.45, 7) is 1.46. The number of imide groups is 1. The topological polar surface area (TPSA) is 137 Å². The van der Waals surface area contributed by atoms with Gasteiger partial charge in [-0.05, 0) is 30.9 Å². The molecule has 1 saturated carbocycles. The number of urea groups is 1. The molecule has 0 spiro atoms. The average molecular weight is 393 g/mol. The predicted molar refractivity (Wildman–Crippen MR) is 98.0 cm³/mol. The van der Waals surface area contributed by atoms with E-state index in [0.29, 0.717) is 5.92 Å². The highest BCUT2D eigenvalue weighted by molar-refractivity contribution is 5.95. The second-order valence-corrected chi connectivity index (χ2v) is 6.61. The maximum absolute atomic E-state index is 11.9. The van der Waals surface area contributed by atoms with Gasteiger partial charge in [-0.15, -0.1) is 0 Å². The van der Waals surface area contributed by atoms with Gasteiger partial charge in [0.2, 0.25) is 0 Å². The van der Waals surface area contributed by atoms with E-state index in [0.717, 1.165) is 38.9 Å². The molecule has 10 heteroatoms. The predicted octanol–water partition coefficient (Wildman–Crippen LogP) is 2.16. The molecule has 0 radical (unpaired) electrons. The number of hydrogen-bond acceptors (Lipinski definition) is 7. The minimum atomic E-state index is -0.743. The van der Waals surface area contributed by atoms with Gasteiger partial charge < -0.3 is 14.8 Å². The Morgan fingerprint density at radius 2 is 1.96 bits per heavy atom. The molecule has 0 aliphatic heterocycles. The Kier molecular flexibility index (Phi) is 7.30. The van der Waals surface area contributed by atoms with Crippen molar-refractivity contribution in [3.05, 3.63) is 33.9 Å². The molecule has 0 bridgehead atoms. The van der Waals surface area contributed by atoms with Crippen LogP contribution in [0, 0.1) is 16.0 Å². The average Bonchev–Trinajstić information content (AvgIpc) is 2.67. The standard InChI is InChI=1S/C18H23N3O7/c1-11-5-3-4-6-13(11)19-18(24)20-16(22)10-28-15-8-7-12(17(23)27-2)9-14(15)21(25)26/h7-9,11,13H,3-6,10H2,1-2H3,(H2,19,20,22,24)/t11-,13+/m0/s1. The number of esters is 1. The number of carbonyl (C=O) groups excluding carboxylic acids is 3. The first kappa shape index (κ1) is 21.1. The summed E-state index contributed by atoms with van der Waals surface area (Å²) in [5.41, 5.74) is -0.511. The van der Waals surface area contributed by atoms with Crippen LogP contribution in [0.25, 0.3) is 0 Å². The largest absolute Gasteiger partial charge is 0.477 e. The molecular weight excluding hydrogens is 370 g/mol. The molecule has 3 amide bonds. The summed E-state index contributed by atoms with van der Waals surface area (Å²) in [6.07, 6.45) is 4.03. The zero-order valence-electron chi connectivity index (χ0n) is 15.7. The number of ether oxygens (including phenoxy) is 2. The van der Waals surface area contributed by atoms with E-state index >= 15 is 0 Å². The maximum atomic E-state index is 11.9. The molecule has 1 aromatic carbocycles. The summed E-state index contributed by atoms with van der Waals surface area (Å²) in [4.78, 5) is 45.8. The second-order valence-electron chi connectivity index (χ2n) is 6.61. The third-order valence-corrected chi connectivity index (χ3v) is 4.62. The van der Waals surface area contributed by atoms with Crippen LogP contribution in [0.2, 0.25) is 0 Å². The summed E-state index contributed by atoms with van der Waals surface area (Å²) in [5, 5.41) is 16.1. The van der Waals surface area contributed by atoms with E-state index in [-0.39, 0.29) is 17.4 Å². The summed E-state index contributed by atoms with van der Waals surface area (Å²) < 4.78 is 9.67. The van der Waals surface area contributed by atoms with Crippen LogP contribution in [0.4, 0.5) is 10.5 Å². The van der Waals surface area contributed by atoms with E-state index < -0.39 is 35.1 Å². The second kappa shape index (κ2) is 9.67. The molecule has 2 N–H and O–H groups in total. The van der Waals surface area contributed by atoms with Gasteiger partial charge >= 0.3 is 17.7 Å². The van der Waals surface area contributed by atoms with Gasteiger partial charge in [0.15, 0.2) is 12.4 Å². The molecule has 0 saturated heterocycles. The quantitative estimate of drug-likeness (QED) is 0.429. The zero-order valence-corrected chi connectivity index (χ0v) is 15.7. The van der Waals surface area contributed by atoms with E-state index in [1.54, 1.807) is 0 Å². The molecule has 10 nitrogen and oxygen atoms in total. The van der Waals surface area contributed by atoms with Crippen LogP contribution in [0.3, 0.4) is 0 Å². The molecule has 1 aromatic rings. The van der Waals surface area contributed by atoms with Gasteiger partial charge in [0, 0.05) is 12.1 Å². The maximum Gasteiger partial charge on any atom is 0.338 e. The van der Waals surface area contributed by atoms with Crippen molar-refractivity contribution < 1.29 is 28.8 Å². The zero-order chi connectivity index (χ0) is 20.7. The lowest BCUT2D eigenvalue weighted by Crippen LogP contribution is -2.48. The lowest BCUT2D eigenvalue weighted by molar-refractivity contribution is -0.385. The van der Waals surface area contributed by atoms with Gasteiger partial charge in [0.25, 0.3) is 5.91 Å². The molecule has 1 fully saturated rings. The first-order chi connectivity index (χ1) is 13.3. The number of carbonyl (C=O) groups is 3. The third-order valence-electron chi connectivity index (χ3n) is 4.62. The van der Waals surface area contributed by atoms with Crippen LogP contribution in [0.15, 0.2) is 18.2 Å². The van der Waals surface area contributed by atoms with Crippen molar-refractivity contribution in [2.75, 3.05) is 13.7 Å². The summed E-state index contributed by atoms with van der Waals surface area (Å²) in [7, 11) is 1.15. The van der Waals surface area contributed by atoms with E-state index in [2.05, 4.69) is 15.4 Å². The number of amides is 3. The number of rotatable bonds is 6. The monoisotopic (exact) mass is 393 g/mol. The summed E-state index contributed by atoms with van der Waals surface area (Å²) >= 11 is 0. The van der Waals surface area contributed by atoms with Crippen molar-refractivity contribution >= 4 is 23.6 Å². The minimum absolute atomic E-state index is 0.00872. The normalized spacial score (nSPS) is 18.6. The highest BCUT2D eigenvalue weighted by Crippen LogP contribution is 2.28. The molecule has 152 valence electrons. The minimum Gasteiger partial charge on any atom is -0.477 e. The highest BCUT2D eigenvalue weighted by atomic mass is 16.6. The highest BCUT2D eigenvalue weighted by Gasteiger charge is 2.24.